The maximum Gasteiger partial charge on any atom is 0.407 e. The number of benzene rings is 1. The number of rotatable bonds is 9. The summed E-state index contributed by atoms with van der Waals surface area (Å²) in [5.74, 6) is 0.716. The van der Waals surface area contributed by atoms with Crippen LogP contribution in [0, 0.1) is 0 Å². The van der Waals surface area contributed by atoms with E-state index in [1.165, 1.54) is 11.3 Å². The van der Waals surface area contributed by atoms with Gasteiger partial charge in [-0.15, -0.1) is 11.3 Å². The molecule has 1 aromatic heterocycles. The van der Waals surface area contributed by atoms with Crippen LogP contribution in [-0.4, -0.2) is 50.3 Å². The van der Waals surface area contributed by atoms with Crippen molar-refractivity contribution in [1.29, 1.82) is 0 Å². The Morgan fingerprint density at radius 3 is 2.53 bits per heavy atom. The van der Waals surface area contributed by atoms with Gasteiger partial charge in [0, 0.05) is 41.9 Å². The van der Waals surface area contributed by atoms with Crippen LogP contribution in [0.1, 0.15) is 71.2 Å². The fraction of sp³-hybridized carbons (Fsp3) is 0.600. The van der Waals surface area contributed by atoms with Crippen LogP contribution in [0.3, 0.4) is 0 Å². The van der Waals surface area contributed by atoms with Gasteiger partial charge in [-0.2, -0.15) is 0 Å². The minimum Gasteiger partial charge on any atom is -0.492 e. The molecule has 1 amide bonds. The topological polar surface area (TPSA) is 133 Å². The van der Waals surface area contributed by atoms with Gasteiger partial charge in [-0.1, -0.05) is 0 Å². The van der Waals surface area contributed by atoms with Gasteiger partial charge in [0.1, 0.15) is 12.4 Å². The summed E-state index contributed by atoms with van der Waals surface area (Å²) in [6, 6.07) is 5.16. The molecule has 11 heteroatoms. The second-order valence-electron chi connectivity index (χ2n) is 10.4. The van der Waals surface area contributed by atoms with Gasteiger partial charge < -0.3 is 20.5 Å². The summed E-state index contributed by atoms with van der Waals surface area (Å²) in [4.78, 5) is 17.5. The maximum atomic E-state index is 13.3. The molecule has 1 aromatic carbocycles. The first-order chi connectivity index (χ1) is 16.9. The van der Waals surface area contributed by atoms with Crippen molar-refractivity contribution < 1.29 is 22.7 Å². The van der Waals surface area contributed by atoms with Gasteiger partial charge >= 0.3 is 6.09 Å². The molecule has 0 bridgehead atoms. The van der Waals surface area contributed by atoms with Crippen molar-refractivity contribution in [1.82, 2.24) is 15.0 Å². The smallest absolute Gasteiger partial charge is 0.407 e. The molecule has 2 aromatic rings. The number of thiazole rings is 1. The zero-order valence-electron chi connectivity index (χ0n) is 21.7. The van der Waals surface area contributed by atoms with E-state index in [1.54, 1.807) is 45.2 Å². The van der Waals surface area contributed by atoms with Gasteiger partial charge in [-0.3, -0.25) is 0 Å². The molecule has 1 heterocycles. The molecule has 1 aliphatic rings. The highest BCUT2D eigenvalue weighted by atomic mass is 32.2. The summed E-state index contributed by atoms with van der Waals surface area (Å²) in [6.07, 6.45) is 4.69. The first kappa shape index (κ1) is 28.4. The zero-order chi connectivity index (χ0) is 26.5. The molecule has 0 unspecified atom stereocenters. The van der Waals surface area contributed by atoms with Gasteiger partial charge in [0.2, 0.25) is 10.0 Å². The predicted octanol–water partition coefficient (Wildman–Crippen LogP) is 4.39. The number of aromatic nitrogens is 1. The molecule has 0 radical (unpaired) electrons. The molecule has 1 saturated carbocycles. The van der Waals surface area contributed by atoms with Crippen molar-refractivity contribution in [3.05, 3.63) is 29.4 Å². The van der Waals surface area contributed by atoms with Crippen LogP contribution in [0.5, 0.6) is 5.75 Å². The van der Waals surface area contributed by atoms with E-state index in [0.29, 0.717) is 24.5 Å². The molecule has 1 fully saturated rings. The lowest BCUT2D eigenvalue weighted by Gasteiger charge is -2.28. The third kappa shape index (κ3) is 7.89. The van der Waals surface area contributed by atoms with Crippen LogP contribution in [0.2, 0.25) is 0 Å². The van der Waals surface area contributed by atoms with Crippen molar-refractivity contribution in [2.45, 2.75) is 88.8 Å². The van der Waals surface area contributed by atoms with E-state index in [4.69, 9.17) is 15.2 Å². The van der Waals surface area contributed by atoms with Crippen LogP contribution in [-0.2, 0) is 14.8 Å². The number of alkyl carbamates (subject to hydrolysis) is 1. The molecule has 3 rings (SSSR count). The number of nitrogens with one attached hydrogen (secondary N) is 2. The largest absolute Gasteiger partial charge is 0.492 e. The Balaban J connectivity index is 1.79. The molecule has 9 nitrogen and oxygen atoms in total. The van der Waals surface area contributed by atoms with Gasteiger partial charge in [0.25, 0.3) is 0 Å². The van der Waals surface area contributed by atoms with E-state index in [0.717, 1.165) is 35.6 Å². The number of sulfonamides is 1. The standard InChI is InChI=1S/C25H38N4O5S2/c1-16(2)34-24(30)28-18-8-6-17(7-9-18)23-27-15-21(35-23)20-11-10-19(33-13-12-26)14-22(20)36(31,32)29-25(3,4)5/h10-11,14-18,29H,6-9,12-13,26H2,1-5H3,(H,28,30)/t17-,18-. The molecular weight excluding hydrogens is 500 g/mol. The zero-order valence-corrected chi connectivity index (χ0v) is 23.3. The van der Waals surface area contributed by atoms with E-state index in [9.17, 15) is 13.2 Å². The SMILES string of the molecule is CC(C)OC(=O)N[C@H]1CC[C@H](c2ncc(-c3ccc(OCCN)cc3S(=O)(=O)NC(C)(C)C)s2)CC1. The number of carbonyl (C=O) groups is 1. The third-order valence-corrected chi connectivity index (χ3v) is 8.59. The van der Waals surface area contributed by atoms with Crippen LogP contribution in [0.25, 0.3) is 10.4 Å². The molecule has 4 N–H and O–H groups in total. The van der Waals surface area contributed by atoms with Crippen LogP contribution in [0.15, 0.2) is 29.3 Å². The number of ether oxygens (including phenoxy) is 2. The van der Waals surface area contributed by atoms with Crippen LogP contribution < -0.4 is 20.5 Å². The summed E-state index contributed by atoms with van der Waals surface area (Å²) in [7, 11) is -3.82. The number of hydrogen-bond donors (Lipinski definition) is 3. The van der Waals surface area contributed by atoms with Crippen molar-refractivity contribution in [3.8, 4) is 16.2 Å². The quantitative estimate of drug-likeness (QED) is 0.431. The number of amides is 1. The van der Waals surface area contributed by atoms with Crippen molar-refractivity contribution in [2.24, 2.45) is 5.73 Å². The summed E-state index contributed by atoms with van der Waals surface area (Å²) in [5.41, 5.74) is 5.48. The summed E-state index contributed by atoms with van der Waals surface area (Å²) < 4.78 is 40.2. The summed E-state index contributed by atoms with van der Waals surface area (Å²) >= 11 is 1.51. The molecule has 0 spiro atoms. The van der Waals surface area contributed by atoms with E-state index >= 15 is 0 Å². The Kier molecular flexibility index (Phi) is 9.37. The van der Waals surface area contributed by atoms with E-state index in [-0.39, 0.29) is 29.1 Å². The first-order valence-electron chi connectivity index (χ1n) is 12.3. The van der Waals surface area contributed by atoms with Crippen LogP contribution >= 0.6 is 11.3 Å². The van der Waals surface area contributed by atoms with Crippen molar-refractivity contribution >= 4 is 27.5 Å². The van der Waals surface area contributed by atoms with Crippen molar-refractivity contribution in [2.75, 3.05) is 13.2 Å². The molecule has 36 heavy (non-hydrogen) atoms. The summed E-state index contributed by atoms with van der Waals surface area (Å²) in [5, 5.41) is 3.92. The fourth-order valence-electron chi connectivity index (χ4n) is 4.15. The first-order valence-corrected chi connectivity index (χ1v) is 14.6. The lowest BCUT2D eigenvalue weighted by molar-refractivity contribution is 0.109. The monoisotopic (exact) mass is 538 g/mol. The van der Waals surface area contributed by atoms with E-state index in [2.05, 4.69) is 15.0 Å². The fourth-order valence-corrected chi connectivity index (χ4v) is 7.00. The Hall–Kier alpha value is -2.21. The van der Waals surface area contributed by atoms with Crippen LogP contribution in [0.4, 0.5) is 4.79 Å². The normalized spacial score (nSPS) is 18.8. The number of nitrogens with two attached hydrogens (primary N) is 1. The predicted molar refractivity (Wildman–Crippen MR) is 142 cm³/mol. The molecule has 0 atom stereocenters. The average Bonchev–Trinajstić information content (AvgIpc) is 3.26. The lowest BCUT2D eigenvalue weighted by Crippen LogP contribution is -2.40. The molecule has 0 saturated heterocycles. The highest BCUT2D eigenvalue weighted by molar-refractivity contribution is 7.89. The highest BCUT2D eigenvalue weighted by Crippen LogP contribution is 2.40. The Morgan fingerprint density at radius 1 is 1.22 bits per heavy atom. The average molecular weight is 539 g/mol. The van der Waals surface area contributed by atoms with E-state index in [1.807, 2.05) is 13.8 Å². The Labute approximate surface area is 218 Å². The molecule has 0 aliphatic heterocycles. The highest BCUT2D eigenvalue weighted by Gasteiger charge is 2.29. The van der Waals surface area contributed by atoms with Gasteiger partial charge in [0.05, 0.1) is 20.9 Å². The second-order valence-corrected chi connectivity index (χ2v) is 13.1. The van der Waals surface area contributed by atoms with Gasteiger partial charge in [-0.05, 0) is 72.4 Å². The number of carbonyl (C=O) groups excluding carboxylic acids is 1. The minimum atomic E-state index is -3.82. The van der Waals surface area contributed by atoms with Crippen molar-refractivity contribution in [3.63, 3.8) is 0 Å². The minimum absolute atomic E-state index is 0.0909. The lowest BCUT2D eigenvalue weighted by atomic mass is 9.86. The maximum absolute atomic E-state index is 13.3. The Morgan fingerprint density at radius 2 is 1.92 bits per heavy atom. The molecule has 1 aliphatic carbocycles. The van der Waals surface area contributed by atoms with Gasteiger partial charge in [-0.25, -0.2) is 22.9 Å². The third-order valence-electron chi connectivity index (χ3n) is 5.60. The number of hydrogen-bond acceptors (Lipinski definition) is 8. The molecule has 200 valence electrons. The Bertz CT molecular complexity index is 1130. The second kappa shape index (κ2) is 11.9. The molecular formula is C25H38N4O5S2. The van der Waals surface area contributed by atoms with Gasteiger partial charge in [0.15, 0.2) is 0 Å². The van der Waals surface area contributed by atoms with E-state index < -0.39 is 15.6 Å². The summed E-state index contributed by atoms with van der Waals surface area (Å²) in [6.45, 7) is 9.69. The number of nitrogens with zero attached hydrogens (tertiary/aromatic N) is 1.